The minimum Gasteiger partial charge on any atom is -0.373 e. The van der Waals surface area contributed by atoms with Crippen LogP contribution in [0.2, 0.25) is 0 Å². The van der Waals surface area contributed by atoms with Crippen molar-refractivity contribution in [1.82, 2.24) is 15.6 Å². The first-order chi connectivity index (χ1) is 10.1. The molecule has 0 aliphatic carbocycles. The highest BCUT2D eigenvalue weighted by molar-refractivity contribution is 6.09. The lowest BCUT2D eigenvalue weighted by Gasteiger charge is -2.10. The van der Waals surface area contributed by atoms with E-state index in [1.165, 1.54) is 6.92 Å². The molecule has 0 aliphatic heterocycles. The van der Waals surface area contributed by atoms with Gasteiger partial charge in [0.05, 0.1) is 5.56 Å². The van der Waals surface area contributed by atoms with E-state index in [1.54, 1.807) is 13.2 Å². The molecule has 2 aromatic rings. The van der Waals surface area contributed by atoms with E-state index >= 15 is 0 Å². The molecule has 0 atom stereocenters. The number of fused-ring (bicyclic) bond motifs is 1. The molecule has 1 aromatic heterocycles. The predicted molar refractivity (Wildman–Crippen MR) is 82.3 cm³/mol. The van der Waals surface area contributed by atoms with Gasteiger partial charge in [-0.15, -0.1) is 0 Å². The average molecular weight is 286 g/mol. The number of rotatable bonds is 5. The molecule has 0 fully saturated rings. The summed E-state index contributed by atoms with van der Waals surface area (Å²) in [5, 5.41) is 10.1. The first-order valence-corrected chi connectivity index (χ1v) is 6.71. The second-order valence-electron chi connectivity index (χ2n) is 4.55. The summed E-state index contributed by atoms with van der Waals surface area (Å²) in [4.78, 5) is 27.2. The molecule has 0 saturated heterocycles. The Morgan fingerprint density at radius 1 is 1.10 bits per heavy atom. The standard InChI is InChI=1S/C15H18N4O2/c1-10(20)17-7-8-18-15(21)13-9-19-14(16-2)12-6-4-3-5-11(12)13/h3-6,9H,7-8H2,1-2H3,(H,16,19)(H,17,20)(H,18,21). The maximum Gasteiger partial charge on any atom is 0.253 e. The van der Waals surface area contributed by atoms with Crippen molar-refractivity contribution in [1.29, 1.82) is 0 Å². The minimum absolute atomic E-state index is 0.116. The number of pyridine rings is 1. The molecule has 3 N–H and O–H groups in total. The maximum atomic E-state index is 12.2. The van der Waals surface area contributed by atoms with Crippen LogP contribution in [0.5, 0.6) is 0 Å². The Hall–Kier alpha value is -2.63. The summed E-state index contributed by atoms with van der Waals surface area (Å²) in [6.07, 6.45) is 1.56. The third-order valence-electron chi connectivity index (χ3n) is 3.06. The molecule has 1 aromatic carbocycles. The van der Waals surface area contributed by atoms with Gasteiger partial charge in [0.15, 0.2) is 0 Å². The summed E-state index contributed by atoms with van der Waals surface area (Å²) in [6.45, 7) is 2.22. The molecular weight excluding hydrogens is 268 g/mol. The van der Waals surface area contributed by atoms with Crippen LogP contribution in [0, 0.1) is 0 Å². The van der Waals surface area contributed by atoms with E-state index in [-0.39, 0.29) is 11.8 Å². The number of hydrogen-bond donors (Lipinski definition) is 3. The quantitative estimate of drug-likeness (QED) is 0.720. The smallest absolute Gasteiger partial charge is 0.253 e. The molecular formula is C15H18N4O2. The van der Waals surface area contributed by atoms with Crippen molar-refractivity contribution in [2.75, 3.05) is 25.5 Å². The van der Waals surface area contributed by atoms with Crippen LogP contribution in [0.15, 0.2) is 30.5 Å². The van der Waals surface area contributed by atoms with Crippen LogP contribution in [-0.4, -0.2) is 36.9 Å². The Kier molecular flexibility index (Phi) is 4.71. The zero-order valence-corrected chi connectivity index (χ0v) is 12.1. The molecule has 6 nitrogen and oxygen atoms in total. The predicted octanol–water partition coefficient (Wildman–Crippen LogP) is 1.14. The van der Waals surface area contributed by atoms with Crippen molar-refractivity contribution in [2.45, 2.75) is 6.92 Å². The van der Waals surface area contributed by atoms with E-state index in [9.17, 15) is 9.59 Å². The van der Waals surface area contributed by atoms with Crippen molar-refractivity contribution in [3.8, 4) is 0 Å². The third kappa shape index (κ3) is 3.47. The van der Waals surface area contributed by atoms with Crippen LogP contribution >= 0.6 is 0 Å². The van der Waals surface area contributed by atoms with Crippen LogP contribution in [0.4, 0.5) is 5.82 Å². The SMILES string of the molecule is CNc1ncc(C(=O)NCCNC(C)=O)c2ccccc12. The van der Waals surface area contributed by atoms with Crippen LogP contribution in [-0.2, 0) is 4.79 Å². The van der Waals surface area contributed by atoms with Gasteiger partial charge in [-0.2, -0.15) is 0 Å². The van der Waals surface area contributed by atoms with E-state index in [2.05, 4.69) is 20.9 Å². The van der Waals surface area contributed by atoms with Crippen LogP contribution in [0.25, 0.3) is 10.8 Å². The molecule has 6 heteroatoms. The first-order valence-electron chi connectivity index (χ1n) is 6.71. The highest BCUT2D eigenvalue weighted by atomic mass is 16.2. The zero-order chi connectivity index (χ0) is 15.2. The number of nitrogens with zero attached hydrogens (tertiary/aromatic N) is 1. The zero-order valence-electron chi connectivity index (χ0n) is 12.1. The topological polar surface area (TPSA) is 83.1 Å². The van der Waals surface area contributed by atoms with Crippen LogP contribution in [0.1, 0.15) is 17.3 Å². The van der Waals surface area contributed by atoms with Crippen molar-refractivity contribution in [2.24, 2.45) is 0 Å². The summed E-state index contributed by atoms with van der Waals surface area (Å²) < 4.78 is 0. The van der Waals surface area contributed by atoms with Gasteiger partial charge < -0.3 is 16.0 Å². The lowest BCUT2D eigenvalue weighted by molar-refractivity contribution is -0.118. The Morgan fingerprint density at radius 2 is 1.76 bits per heavy atom. The van der Waals surface area contributed by atoms with Gasteiger partial charge in [0.2, 0.25) is 5.91 Å². The maximum absolute atomic E-state index is 12.2. The van der Waals surface area contributed by atoms with Crippen LogP contribution < -0.4 is 16.0 Å². The van der Waals surface area contributed by atoms with Gasteiger partial charge in [0.25, 0.3) is 5.91 Å². The van der Waals surface area contributed by atoms with Crippen molar-refractivity contribution in [3.05, 3.63) is 36.0 Å². The summed E-state index contributed by atoms with van der Waals surface area (Å²) in [5.74, 6) is 0.418. The van der Waals surface area contributed by atoms with Crippen molar-refractivity contribution < 1.29 is 9.59 Å². The molecule has 2 amide bonds. The molecule has 0 unspecified atom stereocenters. The van der Waals surface area contributed by atoms with E-state index in [4.69, 9.17) is 0 Å². The molecule has 0 radical (unpaired) electrons. The fraction of sp³-hybridized carbons (Fsp3) is 0.267. The van der Waals surface area contributed by atoms with E-state index < -0.39 is 0 Å². The lowest BCUT2D eigenvalue weighted by Crippen LogP contribution is -2.33. The van der Waals surface area contributed by atoms with E-state index in [1.807, 2.05) is 24.3 Å². The van der Waals surface area contributed by atoms with Gasteiger partial charge in [-0.1, -0.05) is 24.3 Å². The summed E-state index contributed by atoms with van der Waals surface area (Å²) in [5.41, 5.74) is 0.521. The normalized spacial score (nSPS) is 10.2. The number of amides is 2. The molecule has 1 heterocycles. The summed E-state index contributed by atoms with van der Waals surface area (Å²) in [6, 6.07) is 7.60. The summed E-state index contributed by atoms with van der Waals surface area (Å²) in [7, 11) is 1.79. The van der Waals surface area contributed by atoms with Gasteiger partial charge in [-0.05, 0) is 5.39 Å². The highest BCUT2D eigenvalue weighted by Gasteiger charge is 2.12. The number of carbonyl (C=O) groups excluding carboxylic acids is 2. The number of hydrogen-bond acceptors (Lipinski definition) is 4. The molecule has 0 spiro atoms. The molecule has 21 heavy (non-hydrogen) atoms. The van der Waals surface area contributed by atoms with E-state index in [0.717, 1.165) is 16.6 Å². The Labute approximate surface area is 122 Å². The van der Waals surface area contributed by atoms with Gasteiger partial charge in [-0.25, -0.2) is 4.98 Å². The Bertz CT molecular complexity index is 670. The number of nitrogens with one attached hydrogen (secondary N) is 3. The molecule has 110 valence electrons. The van der Waals surface area contributed by atoms with Gasteiger partial charge in [0, 0.05) is 38.6 Å². The van der Waals surface area contributed by atoms with Crippen molar-refractivity contribution >= 4 is 28.4 Å². The first kappa shape index (κ1) is 14.8. The largest absolute Gasteiger partial charge is 0.373 e. The van der Waals surface area contributed by atoms with Gasteiger partial charge in [-0.3, -0.25) is 9.59 Å². The number of benzene rings is 1. The van der Waals surface area contributed by atoms with Gasteiger partial charge in [0.1, 0.15) is 5.82 Å². The van der Waals surface area contributed by atoms with Crippen molar-refractivity contribution in [3.63, 3.8) is 0 Å². The van der Waals surface area contributed by atoms with Crippen LogP contribution in [0.3, 0.4) is 0 Å². The minimum atomic E-state index is -0.202. The highest BCUT2D eigenvalue weighted by Crippen LogP contribution is 2.23. The van der Waals surface area contributed by atoms with Gasteiger partial charge >= 0.3 is 0 Å². The van der Waals surface area contributed by atoms with E-state index in [0.29, 0.717) is 18.7 Å². The molecule has 2 rings (SSSR count). The Morgan fingerprint density at radius 3 is 2.43 bits per heavy atom. The fourth-order valence-electron chi connectivity index (χ4n) is 2.08. The number of anilines is 1. The third-order valence-corrected chi connectivity index (χ3v) is 3.06. The molecule has 0 saturated carbocycles. The fourth-order valence-corrected chi connectivity index (χ4v) is 2.08. The lowest BCUT2D eigenvalue weighted by atomic mass is 10.1. The second-order valence-corrected chi connectivity index (χ2v) is 4.55. The number of aromatic nitrogens is 1. The molecule has 0 bridgehead atoms. The average Bonchev–Trinajstić information content (AvgIpc) is 2.50. The summed E-state index contributed by atoms with van der Waals surface area (Å²) >= 11 is 0. The molecule has 0 aliphatic rings. The second kappa shape index (κ2) is 6.69. The Balaban J connectivity index is 2.18. The monoisotopic (exact) mass is 286 g/mol. The number of carbonyl (C=O) groups is 2.